The number of hydrogen-bond donors (Lipinski definition) is 2. The first kappa shape index (κ1) is 23.2. The lowest BCUT2D eigenvalue weighted by molar-refractivity contribution is -0.140. The van der Waals surface area contributed by atoms with Gasteiger partial charge in [-0.2, -0.15) is 0 Å². The molecule has 0 radical (unpaired) electrons. The van der Waals surface area contributed by atoms with Crippen molar-refractivity contribution in [1.29, 1.82) is 0 Å². The molecule has 4 nitrogen and oxygen atoms in total. The third-order valence-corrected chi connectivity index (χ3v) is 6.68. The van der Waals surface area contributed by atoms with Crippen molar-refractivity contribution < 1.29 is 19.7 Å². The molecule has 28 heavy (non-hydrogen) atoms. The van der Waals surface area contributed by atoms with Crippen molar-refractivity contribution in [2.24, 2.45) is 5.92 Å². The Hall–Kier alpha value is -1.10. The molecule has 1 fully saturated rings. The lowest BCUT2D eigenvalue weighted by atomic mass is 9.81. The first-order chi connectivity index (χ1) is 13.3. The van der Waals surface area contributed by atoms with Crippen LogP contribution in [0.2, 0.25) is 0 Å². The van der Waals surface area contributed by atoms with E-state index >= 15 is 0 Å². The van der Waals surface area contributed by atoms with Crippen LogP contribution < -0.4 is 0 Å². The van der Waals surface area contributed by atoms with E-state index < -0.39 is 6.10 Å². The number of esters is 1. The Morgan fingerprint density at radius 1 is 1.18 bits per heavy atom. The molecular weight excluding hydrogens is 376 g/mol. The topological polar surface area (TPSA) is 66.8 Å². The summed E-state index contributed by atoms with van der Waals surface area (Å²) in [6.07, 6.45) is 5.65. The summed E-state index contributed by atoms with van der Waals surface area (Å²) in [5, 5.41) is 20.2. The van der Waals surface area contributed by atoms with Gasteiger partial charge in [0.15, 0.2) is 0 Å². The third-order valence-electron chi connectivity index (χ3n) is 6.18. The van der Waals surface area contributed by atoms with Crippen molar-refractivity contribution in [2.45, 2.75) is 81.6 Å². The highest BCUT2D eigenvalue weighted by molar-refractivity contribution is 6.21. The number of aliphatic hydroxyl groups excluding tert-OH is 2. The molecule has 0 saturated heterocycles. The first-order valence-corrected chi connectivity index (χ1v) is 10.8. The van der Waals surface area contributed by atoms with E-state index in [0.717, 1.165) is 43.2 Å². The predicted molar refractivity (Wildman–Crippen MR) is 113 cm³/mol. The maximum atomic E-state index is 11.2. The first-order valence-electron chi connectivity index (χ1n) is 10.4. The van der Waals surface area contributed by atoms with Gasteiger partial charge in [0.25, 0.3) is 0 Å². The van der Waals surface area contributed by atoms with Gasteiger partial charge in [-0.05, 0) is 36.3 Å². The minimum atomic E-state index is -0.413. The van der Waals surface area contributed by atoms with Gasteiger partial charge in [-0.15, -0.1) is 11.6 Å². The fourth-order valence-corrected chi connectivity index (χ4v) is 4.71. The summed E-state index contributed by atoms with van der Waals surface area (Å²) in [6, 6.07) is 8.28. The Morgan fingerprint density at radius 3 is 2.43 bits per heavy atom. The van der Waals surface area contributed by atoms with Crippen LogP contribution in [0.1, 0.15) is 75.8 Å². The molecule has 1 saturated carbocycles. The van der Waals surface area contributed by atoms with Gasteiger partial charge in [-0.1, -0.05) is 57.4 Å². The largest absolute Gasteiger partial charge is 0.469 e. The Labute approximate surface area is 174 Å². The normalized spacial score (nSPS) is 25.1. The van der Waals surface area contributed by atoms with E-state index in [0.29, 0.717) is 12.8 Å². The molecule has 2 N–H and O–H groups in total. The Kier molecular flexibility index (Phi) is 8.79. The lowest BCUT2D eigenvalue weighted by Gasteiger charge is -2.26. The second kappa shape index (κ2) is 10.6. The van der Waals surface area contributed by atoms with Crippen LogP contribution in [0, 0.1) is 5.92 Å². The molecule has 1 aliphatic rings. The van der Waals surface area contributed by atoms with Gasteiger partial charge in [-0.3, -0.25) is 4.79 Å². The average Bonchev–Trinajstić information content (AvgIpc) is 2.97. The molecule has 0 aromatic heterocycles. The zero-order valence-corrected chi connectivity index (χ0v) is 18.1. The number of aliphatic hydroxyl groups is 2. The summed E-state index contributed by atoms with van der Waals surface area (Å²) < 4.78 is 4.67. The van der Waals surface area contributed by atoms with E-state index in [1.54, 1.807) is 0 Å². The third kappa shape index (κ3) is 5.95. The molecule has 0 heterocycles. The standard InChI is InChI=1S/C23H35ClO4/c1-23(2,15-25)17-12-10-16(11-13-17)22-18(19(24)14-20(22)26)8-6-4-5-7-9-21(27)28-3/h10-13,18-20,22,25-26H,4-9,14-15H2,1-3H3/t18-,19+,20+,22+/m0/s1. The van der Waals surface area contributed by atoms with E-state index in [-0.39, 0.29) is 35.2 Å². The number of rotatable bonds is 10. The average molecular weight is 411 g/mol. The van der Waals surface area contributed by atoms with Crippen molar-refractivity contribution in [3.05, 3.63) is 35.4 Å². The highest BCUT2D eigenvalue weighted by Crippen LogP contribution is 2.45. The molecule has 0 spiro atoms. The molecule has 0 bridgehead atoms. The van der Waals surface area contributed by atoms with Crippen molar-refractivity contribution in [1.82, 2.24) is 0 Å². The molecule has 0 unspecified atom stereocenters. The minimum absolute atomic E-state index is 0.0105. The Bertz CT molecular complexity index is 614. The van der Waals surface area contributed by atoms with Crippen molar-refractivity contribution in [3.8, 4) is 0 Å². The molecule has 1 aromatic carbocycles. The van der Waals surface area contributed by atoms with Gasteiger partial charge in [0.05, 0.1) is 19.8 Å². The van der Waals surface area contributed by atoms with Gasteiger partial charge >= 0.3 is 5.97 Å². The summed E-state index contributed by atoms with van der Waals surface area (Å²) >= 11 is 6.59. The number of methoxy groups -OCH3 is 1. The molecule has 158 valence electrons. The number of benzene rings is 1. The van der Waals surface area contributed by atoms with Crippen molar-refractivity contribution in [2.75, 3.05) is 13.7 Å². The van der Waals surface area contributed by atoms with E-state index in [1.165, 1.54) is 7.11 Å². The number of halogens is 1. The molecule has 4 atom stereocenters. The molecule has 0 amide bonds. The Morgan fingerprint density at radius 2 is 1.82 bits per heavy atom. The zero-order chi connectivity index (χ0) is 20.7. The fraction of sp³-hybridized carbons (Fsp3) is 0.696. The summed E-state index contributed by atoms with van der Waals surface area (Å²) in [5.41, 5.74) is 1.95. The van der Waals surface area contributed by atoms with Crippen molar-refractivity contribution in [3.63, 3.8) is 0 Å². The summed E-state index contributed by atoms with van der Waals surface area (Å²) in [6.45, 7) is 4.13. The molecule has 5 heteroatoms. The van der Waals surface area contributed by atoms with Gasteiger partial charge in [0.1, 0.15) is 0 Å². The quantitative estimate of drug-likeness (QED) is 0.337. The maximum Gasteiger partial charge on any atom is 0.305 e. The molecular formula is C23H35ClO4. The zero-order valence-electron chi connectivity index (χ0n) is 17.4. The number of hydrogen-bond acceptors (Lipinski definition) is 4. The monoisotopic (exact) mass is 410 g/mol. The molecule has 0 aliphatic heterocycles. The minimum Gasteiger partial charge on any atom is -0.469 e. The Balaban J connectivity index is 1.93. The smallest absolute Gasteiger partial charge is 0.305 e. The molecule has 1 aliphatic carbocycles. The molecule has 1 aromatic rings. The van der Waals surface area contributed by atoms with Gasteiger partial charge < -0.3 is 14.9 Å². The summed E-state index contributed by atoms with van der Waals surface area (Å²) in [5.74, 6) is 0.172. The molecule has 2 rings (SSSR count). The van der Waals surface area contributed by atoms with Crippen LogP contribution in [0.3, 0.4) is 0 Å². The second-order valence-corrected chi connectivity index (χ2v) is 9.26. The number of ether oxygens (including phenoxy) is 1. The van der Waals surface area contributed by atoms with Crippen LogP contribution in [-0.4, -0.2) is 41.4 Å². The number of unbranched alkanes of at least 4 members (excludes halogenated alkanes) is 3. The van der Waals surface area contributed by atoms with E-state index in [4.69, 9.17) is 11.6 Å². The number of carbonyl (C=O) groups is 1. The van der Waals surface area contributed by atoms with Crippen LogP contribution in [-0.2, 0) is 14.9 Å². The SMILES string of the molecule is COC(=O)CCCCCC[C@@H]1[C@@H](c2ccc(C(C)(C)CO)cc2)[C@H](O)C[C@H]1Cl. The van der Waals surface area contributed by atoms with Crippen LogP contribution in [0.25, 0.3) is 0 Å². The van der Waals surface area contributed by atoms with Gasteiger partial charge in [0.2, 0.25) is 0 Å². The van der Waals surface area contributed by atoms with Crippen LogP contribution in [0.15, 0.2) is 24.3 Å². The van der Waals surface area contributed by atoms with Crippen LogP contribution in [0.4, 0.5) is 0 Å². The van der Waals surface area contributed by atoms with Gasteiger partial charge in [0, 0.05) is 23.1 Å². The van der Waals surface area contributed by atoms with Gasteiger partial charge in [-0.25, -0.2) is 0 Å². The van der Waals surface area contributed by atoms with E-state index in [9.17, 15) is 15.0 Å². The summed E-state index contributed by atoms with van der Waals surface area (Å²) in [4.78, 5) is 11.2. The highest BCUT2D eigenvalue weighted by Gasteiger charge is 2.41. The fourth-order valence-electron chi connectivity index (χ4n) is 4.24. The van der Waals surface area contributed by atoms with Crippen LogP contribution in [0.5, 0.6) is 0 Å². The lowest BCUT2D eigenvalue weighted by Crippen LogP contribution is -2.23. The summed E-state index contributed by atoms with van der Waals surface area (Å²) in [7, 11) is 1.42. The maximum absolute atomic E-state index is 11.2. The number of alkyl halides is 1. The second-order valence-electron chi connectivity index (χ2n) is 8.70. The predicted octanol–water partition coefficient (Wildman–Crippen LogP) is 4.54. The highest BCUT2D eigenvalue weighted by atomic mass is 35.5. The van der Waals surface area contributed by atoms with E-state index in [2.05, 4.69) is 29.0 Å². The number of carbonyl (C=O) groups excluding carboxylic acids is 1. The van der Waals surface area contributed by atoms with Crippen LogP contribution >= 0.6 is 11.6 Å². The van der Waals surface area contributed by atoms with E-state index in [1.807, 2.05) is 13.8 Å². The van der Waals surface area contributed by atoms with Crippen molar-refractivity contribution >= 4 is 17.6 Å².